The molecule has 1 aliphatic rings. The van der Waals surface area contributed by atoms with Gasteiger partial charge in [0.2, 0.25) is 5.60 Å². The van der Waals surface area contributed by atoms with Crippen LogP contribution < -0.4 is 10.6 Å². The molecule has 0 aliphatic carbocycles. The summed E-state index contributed by atoms with van der Waals surface area (Å²) in [7, 11) is -1.78. The minimum atomic E-state index is -4.62. The zero-order valence-electron chi connectivity index (χ0n) is 20.3. The van der Waals surface area contributed by atoms with E-state index >= 15 is 0 Å². The highest BCUT2D eigenvalue weighted by molar-refractivity contribution is 6.43. The number of rotatable bonds is 10. The zero-order chi connectivity index (χ0) is 27.2. The maximum absolute atomic E-state index is 13.4. The number of carbonyl (C=O) groups excluding carboxylic acids is 2. The van der Waals surface area contributed by atoms with Gasteiger partial charge in [-0.25, -0.2) is 0 Å². The van der Waals surface area contributed by atoms with Gasteiger partial charge >= 0.3 is 13.3 Å². The Morgan fingerprint density at radius 3 is 2.43 bits per heavy atom. The van der Waals surface area contributed by atoms with Gasteiger partial charge in [0.1, 0.15) is 5.69 Å². The summed E-state index contributed by atoms with van der Waals surface area (Å²) in [6.45, 7) is 3.63. The quantitative estimate of drug-likeness (QED) is 0.355. The smallest absolute Gasteiger partial charge is 0.426 e. The molecule has 0 bridgehead atoms. The molecule has 0 radical (unpaired) electrons. The Morgan fingerprint density at radius 2 is 1.86 bits per heavy atom. The maximum Gasteiger partial charge on any atom is 0.475 e. The number of amides is 2. The van der Waals surface area contributed by atoms with Crippen LogP contribution in [0.25, 0.3) is 0 Å². The van der Waals surface area contributed by atoms with Crippen molar-refractivity contribution in [1.82, 2.24) is 15.6 Å². The number of aromatic nitrogens is 1. The molecule has 1 aromatic carbocycles. The summed E-state index contributed by atoms with van der Waals surface area (Å²) in [5.41, 5.74) is -1.59. The van der Waals surface area contributed by atoms with Crippen LogP contribution >= 0.6 is 0 Å². The molecule has 13 heteroatoms. The van der Waals surface area contributed by atoms with E-state index in [2.05, 4.69) is 20.8 Å². The van der Waals surface area contributed by atoms with Crippen molar-refractivity contribution in [3.05, 3.63) is 65.5 Å². The molecule has 0 saturated heterocycles. The predicted molar refractivity (Wildman–Crippen MR) is 129 cm³/mol. The van der Waals surface area contributed by atoms with Crippen molar-refractivity contribution in [3.63, 3.8) is 0 Å². The van der Waals surface area contributed by atoms with E-state index in [1.807, 2.05) is 32.0 Å². The number of pyridine rings is 1. The van der Waals surface area contributed by atoms with Crippen molar-refractivity contribution in [3.8, 4) is 0 Å². The average Bonchev–Trinajstić information content (AvgIpc) is 3.26. The van der Waals surface area contributed by atoms with Gasteiger partial charge in [-0.3, -0.25) is 14.6 Å². The lowest BCUT2D eigenvalue weighted by molar-refractivity contribution is -0.144. The number of hydrogen-bond acceptors (Lipinski definition) is 7. The van der Waals surface area contributed by atoms with Crippen LogP contribution in [-0.4, -0.2) is 57.8 Å². The van der Waals surface area contributed by atoms with Crippen molar-refractivity contribution in [2.45, 2.75) is 50.8 Å². The van der Waals surface area contributed by atoms with E-state index in [1.54, 1.807) is 12.1 Å². The molecule has 2 heterocycles. The van der Waals surface area contributed by atoms with Crippen LogP contribution in [-0.2, 0) is 22.2 Å². The molecule has 2 amide bonds. The van der Waals surface area contributed by atoms with Gasteiger partial charge in [0.25, 0.3) is 11.8 Å². The fourth-order valence-corrected chi connectivity index (χ4v) is 3.91. The van der Waals surface area contributed by atoms with Crippen molar-refractivity contribution in [2.24, 2.45) is 11.1 Å². The van der Waals surface area contributed by atoms with E-state index in [0.717, 1.165) is 17.8 Å². The third-order valence-corrected chi connectivity index (χ3v) is 5.76. The molecule has 198 valence electrons. The third kappa shape index (κ3) is 7.52. The molecule has 4 N–H and O–H groups in total. The number of oxime groups is 1. The molecule has 3 rings (SSSR count). The Bertz CT molecular complexity index is 1110. The second-order valence-corrected chi connectivity index (χ2v) is 9.32. The minimum absolute atomic E-state index is 0.00477. The summed E-state index contributed by atoms with van der Waals surface area (Å²) in [6.07, 6.45) is -3.36. The van der Waals surface area contributed by atoms with Gasteiger partial charge in [-0.15, -0.1) is 0 Å². The first-order valence-corrected chi connectivity index (χ1v) is 11.7. The second kappa shape index (κ2) is 11.7. The van der Waals surface area contributed by atoms with Crippen LogP contribution in [0.1, 0.15) is 48.3 Å². The minimum Gasteiger partial charge on any atom is -0.426 e. The Kier molecular flexibility index (Phi) is 8.92. The topological polar surface area (TPSA) is 133 Å². The molecule has 37 heavy (non-hydrogen) atoms. The van der Waals surface area contributed by atoms with Gasteiger partial charge in [0, 0.05) is 19.0 Å². The molecule has 1 aliphatic heterocycles. The number of hydrogen-bond donors (Lipinski definition) is 4. The van der Waals surface area contributed by atoms with Crippen LogP contribution in [0.2, 0.25) is 0 Å². The summed E-state index contributed by atoms with van der Waals surface area (Å²) in [6, 6.07) is 10.8. The van der Waals surface area contributed by atoms with Crippen LogP contribution in [0.4, 0.5) is 13.2 Å². The van der Waals surface area contributed by atoms with Crippen molar-refractivity contribution in [1.29, 1.82) is 0 Å². The Hall–Kier alpha value is -3.45. The second-order valence-electron chi connectivity index (χ2n) is 9.32. The number of benzene rings is 1. The number of carbonyl (C=O) groups is 2. The van der Waals surface area contributed by atoms with Crippen LogP contribution in [0, 0.1) is 5.92 Å². The first kappa shape index (κ1) is 28.1. The summed E-state index contributed by atoms with van der Waals surface area (Å²) in [4.78, 5) is 34.7. The predicted octanol–water partition coefficient (Wildman–Crippen LogP) is 2.13. The standard InChI is InChI=1S/C24H28BF3N4O5/c1-15(2)10-20(25(35)36)31-22(34)23(11-16-6-4-3-5-7-16)12-18(32-37-23)14-30-21(33)17-8-9-19(29-13-17)24(26,27)28/h3-9,13,15,20,35-36H,10-12,14H2,1-2H3,(H,30,33)(H,31,34). The average molecular weight is 520 g/mol. The van der Waals surface area contributed by atoms with Gasteiger partial charge < -0.3 is 25.5 Å². The Balaban J connectivity index is 1.70. The van der Waals surface area contributed by atoms with E-state index in [4.69, 9.17) is 4.84 Å². The first-order chi connectivity index (χ1) is 17.4. The number of alkyl halides is 3. The van der Waals surface area contributed by atoms with Gasteiger partial charge in [0.05, 0.1) is 23.8 Å². The van der Waals surface area contributed by atoms with Crippen LogP contribution in [0.15, 0.2) is 53.8 Å². The molecule has 2 aromatic rings. The fourth-order valence-electron chi connectivity index (χ4n) is 3.91. The molecular weight excluding hydrogens is 492 g/mol. The molecular formula is C24H28BF3N4O5. The van der Waals surface area contributed by atoms with Crippen LogP contribution in [0.5, 0.6) is 0 Å². The lowest BCUT2D eigenvalue weighted by Gasteiger charge is -2.29. The fraction of sp³-hybridized carbons (Fsp3) is 0.417. The highest BCUT2D eigenvalue weighted by atomic mass is 19.4. The van der Waals surface area contributed by atoms with Gasteiger partial charge in [-0.2, -0.15) is 13.2 Å². The summed E-state index contributed by atoms with van der Waals surface area (Å²) in [5.74, 6) is -2.12. The van der Waals surface area contributed by atoms with Crippen molar-refractivity contribution >= 4 is 24.6 Å². The monoisotopic (exact) mass is 520 g/mol. The number of halogens is 3. The van der Waals surface area contributed by atoms with Gasteiger partial charge in [-0.05, 0) is 30.0 Å². The summed E-state index contributed by atoms with van der Waals surface area (Å²) < 4.78 is 38.1. The normalized spacial score (nSPS) is 18.1. The molecule has 1 aromatic heterocycles. The van der Waals surface area contributed by atoms with E-state index in [9.17, 15) is 32.8 Å². The molecule has 0 fully saturated rings. The number of nitrogens with one attached hydrogen (secondary N) is 2. The summed E-state index contributed by atoms with van der Waals surface area (Å²) >= 11 is 0. The Morgan fingerprint density at radius 1 is 1.16 bits per heavy atom. The molecule has 2 atom stereocenters. The lowest BCUT2D eigenvalue weighted by Crippen LogP contribution is -2.56. The SMILES string of the molecule is CC(C)CC(NC(=O)C1(Cc2ccccc2)CC(CNC(=O)c2ccc(C(F)(F)F)nc2)=NO1)B(O)O. The van der Waals surface area contributed by atoms with Crippen LogP contribution in [0.3, 0.4) is 0 Å². The Labute approximate surface area is 212 Å². The molecule has 0 spiro atoms. The first-order valence-electron chi connectivity index (χ1n) is 11.7. The van der Waals surface area contributed by atoms with Crippen molar-refractivity contribution < 1.29 is 37.6 Å². The van der Waals surface area contributed by atoms with Crippen molar-refractivity contribution in [2.75, 3.05) is 6.54 Å². The van der Waals surface area contributed by atoms with Gasteiger partial charge in [0.15, 0.2) is 0 Å². The number of nitrogens with zero attached hydrogens (tertiary/aromatic N) is 2. The third-order valence-electron chi connectivity index (χ3n) is 5.76. The van der Waals surface area contributed by atoms with E-state index in [0.29, 0.717) is 18.2 Å². The van der Waals surface area contributed by atoms with Gasteiger partial charge in [-0.1, -0.05) is 49.3 Å². The lowest BCUT2D eigenvalue weighted by atomic mass is 9.74. The molecule has 2 unspecified atom stereocenters. The summed E-state index contributed by atoms with van der Waals surface area (Å²) in [5, 5.41) is 28.7. The zero-order valence-corrected chi connectivity index (χ0v) is 20.3. The van der Waals surface area contributed by atoms with E-state index < -0.39 is 42.3 Å². The molecule has 9 nitrogen and oxygen atoms in total. The molecule has 0 saturated carbocycles. The highest BCUT2D eigenvalue weighted by Crippen LogP contribution is 2.30. The van der Waals surface area contributed by atoms with E-state index in [-0.39, 0.29) is 30.9 Å². The maximum atomic E-state index is 13.4. The van der Waals surface area contributed by atoms with E-state index in [1.165, 1.54) is 0 Å². The largest absolute Gasteiger partial charge is 0.475 e. The highest BCUT2D eigenvalue weighted by Gasteiger charge is 2.48.